The van der Waals surface area contributed by atoms with Crippen molar-refractivity contribution >= 4 is 37.6 Å². The molecule has 1 aromatic rings. The van der Waals surface area contributed by atoms with Crippen molar-refractivity contribution in [2.75, 3.05) is 0 Å². The maximum atomic E-state index is 12.3. The minimum absolute atomic E-state index is 0.0596. The Morgan fingerprint density at radius 2 is 2.12 bits per heavy atom. The van der Waals surface area contributed by atoms with Crippen LogP contribution in [-0.2, 0) is 5.33 Å². The molecule has 2 nitrogen and oxygen atoms in total. The highest BCUT2D eigenvalue weighted by Crippen LogP contribution is 2.29. The highest BCUT2D eigenvalue weighted by molar-refractivity contribution is 9.10. The van der Waals surface area contributed by atoms with Gasteiger partial charge < -0.3 is 4.74 Å². The Kier molecular flexibility index (Phi) is 5.52. The van der Waals surface area contributed by atoms with Crippen molar-refractivity contribution in [1.29, 1.82) is 0 Å². The number of rotatable bonds is 5. The van der Waals surface area contributed by atoms with Gasteiger partial charge >= 0.3 is 6.61 Å². The van der Waals surface area contributed by atoms with Crippen LogP contribution >= 0.6 is 31.9 Å². The van der Waals surface area contributed by atoms with Gasteiger partial charge in [-0.1, -0.05) is 44.0 Å². The Labute approximate surface area is 115 Å². The molecule has 0 saturated heterocycles. The van der Waals surface area contributed by atoms with Crippen molar-refractivity contribution in [2.24, 2.45) is 0 Å². The Balaban J connectivity index is 3.23. The lowest BCUT2D eigenvalue weighted by molar-refractivity contribution is -0.0506. The highest BCUT2D eigenvalue weighted by atomic mass is 79.9. The first kappa shape index (κ1) is 14.6. The van der Waals surface area contributed by atoms with Gasteiger partial charge in [0.25, 0.3) is 0 Å². The normalized spacial score (nSPS) is 12.6. The predicted octanol–water partition coefficient (Wildman–Crippen LogP) is 4.15. The number of carbonyl (C=O) groups is 1. The van der Waals surface area contributed by atoms with E-state index in [4.69, 9.17) is 0 Å². The summed E-state index contributed by atoms with van der Waals surface area (Å²) in [4.78, 5) is 11.4. The van der Waals surface area contributed by atoms with Gasteiger partial charge in [-0.25, -0.2) is 0 Å². The third-order valence-corrected chi connectivity index (χ3v) is 3.09. The molecule has 0 fully saturated rings. The number of halogens is 4. The first-order chi connectivity index (χ1) is 7.97. The van der Waals surface area contributed by atoms with Crippen molar-refractivity contribution in [3.8, 4) is 5.75 Å². The molecular formula is C11H10Br2F2O2. The van der Waals surface area contributed by atoms with Crippen LogP contribution in [0.1, 0.15) is 22.8 Å². The fourth-order valence-corrected chi connectivity index (χ4v) is 2.01. The van der Waals surface area contributed by atoms with E-state index in [0.717, 1.165) is 0 Å². The van der Waals surface area contributed by atoms with E-state index in [0.29, 0.717) is 10.9 Å². The Morgan fingerprint density at radius 3 is 2.59 bits per heavy atom. The number of benzene rings is 1. The minimum atomic E-state index is -2.95. The van der Waals surface area contributed by atoms with E-state index < -0.39 is 11.4 Å². The summed E-state index contributed by atoms with van der Waals surface area (Å²) in [5, 5.41) is 0.340. The number of hydrogen-bond donors (Lipinski definition) is 0. The molecule has 1 rings (SSSR count). The molecule has 0 bridgehead atoms. The zero-order valence-corrected chi connectivity index (χ0v) is 12.1. The molecule has 0 heterocycles. The van der Waals surface area contributed by atoms with Crippen LogP contribution in [0.4, 0.5) is 8.78 Å². The number of Topliss-reactive ketones (excluding diaryl/α,β-unsaturated/α-hetero) is 1. The van der Waals surface area contributed by atoms with Crippen molar-refractivity contribution in [3.63, 3.8) is 0 Å². The van der Waals surface area contributed by atoms with E-state index >= 15 is 0 Å². The molecule has 6 heteroatoms. The van der Waals surface area contributed by atoms with Gasteiger partial charge in [0.1, 0.15) is 5.75 Å². The second-order valence-electron chi connectivity index (χ2n) is 3.29. The standard InChI is InChI=1S/C11H10Br2F2O2/c1-6(13)9(16)8-4-2-3-7(5-12)10(8)17-11(14)15/h2-4,6,11H,5H2,1H3. The molecule has 0 aliphatic carbocycles. The average Bonchev–Trinajstić information content (AvgIpc) is 2.27. The molecular weight excluding hydrogens is 362 g/mol. The van der Waals surface area contributed by atoms with Crippen molar-refractivity contribution in [1.82, 2.24) is 0 Å². The largest absolute Gasteiger partial charge is 0.434 e. The molecule has 0 spiro atoms. The van der Waals surface area contributed by atoms with E-state index in [2.05, 4.69) is 36.6 Å². The summed E-state index contributed by atoms with van der Waals surface area (Å²) in [5.41, 5.74) is 0.677. The van der Waals surface area contributed by atoms with Crippen molar-refractivity contribution in [2.45, 2.75) is 23.7 Å². The number of carbonyl (C=O) groups excluding carboxylic acids is 1. The van der Waals surface area contributed by atoms with Crippen LogP contribution in [0.3, 0.4) is 0 Å². The molecule has 0 N–H and O–H groups in total. The van der Waals surface area contributed by atoms with Crippen molar-refractivity contribution < 1.29 is 18.3 Å². The lowest BCUT2D eigenvalue weighted by Gasteiger charge is -2.14. The van der Waals surface area contributed by atoms with Gasteiger partial charge in [0.15, 0.2) is 5.78 Å². The first-order valence-corrected chi connectivity index (χ1v) is 6.82. The second kappa shape index (κ2) is 6.44. The fourth-order valence-electron chi connectivity index (χ4n) is 1.33. The van der Waals surface area contributed by atoms with Crippen LogP contribution in [0.15, 0.2) is 18.2 Å². The maximum Gasteiger partial charge on any atom is 0.387 e. The first-order valence-electron chi connectivity index (χ1n) is 4.78. The monoisotopic (exact) mass is 370 g/mol. The van der Waals surface area contributed by atoms with Crippen LogP contribution in [0, 0.1) is 0 Å². The number of para-hydroxylation sites is 1. The zero-order chi connectivity index (χ0) is 13.0. The number of ether oxygens (including phenoxy) is 1. The lowest BCUT2D eigenvalue weighted by Crippen LogP contribution is -2.14. The van der Waals surface area contributed by atoms with Gasteiger partial charge in [-0.2, -0.15) is 8.78 Å². The highest BCUT2D eigenvalue weighted by Gasteiger charge is 2.21. The summed E-state index contributed by atoms with van der Waals surface area (Å²) in [6.45, 7) is -1.32. The smallest absolute Gasteiger partial charge is 0.387 e. The molecule has 1 atom stereocenters. The zero-order valence-electron chi connectivity index (χ0n) is 8.92. The third-order valence-electron chi connectivity index (χ3n) is 2.07. The van der Waals surface area contributed by atoms with E-state index in [1.54, 1.807) is 19.1 Å². The number of ketones is 1. The van der Waals surface area contributed by atoms with Crippen LogP contribution in [0.5, 0.6) is 5.75 Å². The van der Waals surface area contributed by atoms with E-state index in [1.165, 1.54) is 6.07 Å². The van der Waals surface area contributed by atoms with Gasteiger partial charge in [-0.05, 0) is 13.0 Å². The van der Waals surface area contributed by atoms with Crippen LogP contribution in [0.25, 0.3) is 0 Å². The molecule has 0 radical (unpaired) electrons. The van der Waals surface area contributed by atoms with Gasteiger partial charge in [0.2, 0.25) is 0 Å². The third kappa shape index (κ3) is 3.74. The fraction of sp³-hybridized carbons (Fsp3) is 0.364. The van der Waals surface area contributed by atoms with Crippen LogP contribution in [0.2, 0.25) is 0 Å². The Morgan fingerprint density at radius 1 is 1.47 bits per heavy atom. The predicted molar refractivity (Wildman–Crippen MR) is 68.4 cm³/mol. The second-order valence-corrected chi connectivity index (χ2v) is 5.22. The van der Waals surface area contributed by atoms with E-state index in [9.17, 15) is 13.6 Å². The SMILES string of the molecule is CC(Br)C(=O)c1cccc(CBr)c1OC(F)F. The summed E-state index contributed by atoms with van der Waals surface area (Å²) < 4.78 is 29.1. The van der Waals surface area contributed by atoms with Gasteiger partial charge in [0, 0.05) is 10.9 Å². The number of alkyl halides is 4. The van der Waals surface area contributed by atoms with Crippen molar-refractivity contribution in [3.05, 3.63) is 29.3 Å². The molecule has 94 valence electrons. The Hall–Kier alpha value is -0.490. The molecule has 0 aliphatic heterocycles. The van der Waals surface area contributed by atoms with Gasteiger partial charge in [-0.15, -0.1) is 0 Å². The maximum absolute atomic E-state index is 12.3. The topological polar surface area (TPSA) is 26.3 Å². The van der Waals surface area contributed by atoms with Gasteiger partial charge in [0.05, 0.1) is 10.4 Å². The average molecular weight is 372 g/mol. The summed E-state index contributed by atoms with van der Waals surface area (Å²) in [5.74, 6) is -0.348. The summed E-state index contributed by atoms with van der Waals surface area (Å²) in [6.07, 6.45) is 0. The summed E-state index contributed by atoms with van der Waals surface area (Å²) in [6, 6.07) is 4.74. The molecule has 0 saturated carbocycles. The molecule has 1 aromatic carbocycles. The summed E-state index contributed by atoms with van der Waals surface area (Å²) in [7, 11) is 0. The molecule has 0 aliphatic rings. The summed E-state index contributed by atoms with van der Waals surface area (Å²) >= 11 is 6.29. The Bertz CT molecular complexity index is 408. The van der Waals surface area contributed by atoms with E-state index in [-0.39, 0.29) is 17.1 Å². The molecule has 1 unspecified atom stereocenters. The number of hydrogen-bond acceptors (Lipinski definition) is 2. The van der Waals surface area contributed by atoms with Crippen LogP contribution in [-0.4, -0.2) is 17.2 Å². The minimum Gasteiger partial charge on any atom is -0.434 e. The van der Waals surface area contributed by atoms with Gasteiger partial charge in [-0.3, -0.25) is 4.79 Å². The molecule has 0 aromatic heterocycles. The lowest BCUT2D eigenvalue weighted by atomic mass is 10.0. The van der Waals surface area contributed by atoms with E-state index in [1.807, 2.05) is 0 Å². The van der Waals surface area contributed by atoms with Crippen LogP contribution < -0.4 is 4.74 Å². The molecule has 0 amide bonds. The molecule has 17 heavy (non-hydrogen) atoms. The quantitative estimate of drug-likeness (QED) is 0.574.